The van der Waals surface area contributed by atoms with E-state index in [9.17, 15) is 9.59 Å². The van der Waals surface area contributed by atoms with Gasteiger partial charge in [-0.2, -0.15) is 0 Å². The van der Waals surface area contributed by atoms with E-state index in [1.807, 2.05) is 12.3 Å². The van der Waals surface area contributed by atoms with Gasteiger partial charge in [-0.05, 0) is 25.8 Å². The number of furan rings is 1. The molecule has 1 saturated carbocycles. The van der Waals surface area contributed by atoms with E-state index >= 15 is 0 Å². The summed E-state index contributed by atoms with van der Waals surface area (Å²) >= 11 is 1.52. The fourth-order valence-electron chi connectivity index (χ4n) is 2.38. The smallest absolute Gasteiger partial charge is 0.308 e. The van der Waals surface area contributed by atoms with E-state index in [1.165, 1.54) is 17.6 Å². The minimum absolute atomic E-state index is 0.143. The van der Waals surface area contributed by atoms with Crippen LogP contribution in [0.2, 0.25) is 0 Å². The van der Waals surface area contributed by atoms with Gasteiger partial charge < -0.3 is 14.4 Å². The van der Waals surface area contributed by atoms with Crippen LogP contribution in [0.15, 0.2) is 22.1 Å². The van der Waals surface area contributed by atoms with Crippen molar-refractivity contribution in [3.05, 3.63) is 28.3 Å². The predicted octanol–water partition coefficient (Wildman–Crippen LogP) is 3.04. The van der Waals surface area contributed by atoms with Crippen molar-refractivity contribution in [1.29, 1.82) is 0 Å². The van der Waals surface area contributed by atoms with Gasteiger partial charge >= 0.3 is 5.97 Å². The summed E-state index contributed by atoms with van der Waals surface area (Å²) in [6.07, 6.45) is 3.27. The van der Waals surface area contributed by atoms with Gasteiger partial charge in [-0.3, -0.25) is 9.59 Å². The Bertz CT molecular complexity index is 732. The lowest BCUT2D eigenvalue weighted by Gasteiger charge is -2.23. The van der Waals surface area contributed by atoms with Crippen molar-refractivity contribution in [2.45, 2.75) is 32.7 Å². The number of nitrogens with zero attached hydrogens (tertiary/aromatic N) is 2. The highest BCUT2D eigenvalue weighted by Crippen LogP contribution is 2.30. The van der Waals surface area contributed by atoms with Crippen molar-refractivity contribution in [3.8, 4) is 11.5 Å². The molecule has 0 aliphatic heterocycles. The Morgan fingerprint density at radius 2 is 2.26 bits per heavy atom. The van der Waals surface area contributed by atoms with Crippen LogP contribution < -0.4 is 0 Å². The molecule has 1 aliphatic rings. The summed E-state index contributed by atoms with van der Waals surface area (Å²) in [5.41, 5.74) is 1.15. The molecule has 1 atom stereocenters. The Hall–Kier alpha value is -2.15. The zero-order valence-electron chi connectivity index (χ0n) is 13.0. The molecule has 0 unspecified atom stereocenters. The van der Waals surface area contributed by atoms with Crippen molar-refractivity contribution in [2.75, 3.05) is 6.54 Å². The molecule has 2 aromatic rings. The SMILES string of the molecule is Cc1nc(-c2cc(C(=O)N(C[C@H](C)C(=O)O)C3CC3)co2)cs1. The number of carbonyl (C=O) groups is 2. The number of aliphatic carboxylic acids is 1. The van der Waals surface area contributed by atoms with Gasteiger partial charge in [0.25, 0.3) is 5.91 Å². The van der Waals surface area contributed by atoms with E-state index in [1.54, 1.807) is 17.9 Å². The van der Waals surface area contributed by atoms with Crippen molar-refractivity contribution < 1.29 is 19.1 Å². The summed E-state index contributed by atoms with van der Waals surface area (Å²) in [6, 6.07) is 1.82. The molecule has 0 saturated heterocycles. The summed E-state index contributed by atoms with van der Waals surface area (Å²) in [5.74, 6) is -1.11. The first kappa shape index (κ1) is 15.7. The maximum Gasteiger partial charge on any atom is 0.308 e. The summed E-state index contributed by atoms with van der Waals surface area (Å²) in [5, 5.41) is 11.9. The van der Waals surface area contributed by atoms with Crippen molar-refractivity contribution >= 4 is 23.2 Å². The number of hydrogen-bond donors (Lipinski definition) is 1. The van der Waals surface area contributed by atoms with E-state index in [0.717, 1.165) is 17.8 Å². The van der Waals surface area contributed by atoms with Gasteiger partial charge in [0.1, 0.15) is 12.0 Å². The van der Waals surface area contributed by atoms with Gasteiger partial charge in [-0.25, -0.2) is 4.98 Å². The number of aryl methyl sites for hydroxylation is 1. The minimum atomic E-state index is -0.894. The lowest BCUT2D eigenvalue weighted by atomic mass is 10.1. The first-order chi connectivity index (χ1) is 11.0. The molecule has 1 N–H and O–H groups in total. The zero-order valence-corrected chi connectivity index (χ0v) is 13.8. The van der Waals surface area contributed by atoms with Crippen molar-refractivity contribution in [2.24, 2.45) is 5.92 Å². The maximum absolute atomic E-state index is 12.7. The number of carboxylic acids is 1. The molecule has 0 aromatic carbocycles. The molecule has 7 heteroatoms. The second-order valence-electron chi connectivity index (χ2n) is 5.88. The van der Waals surface area contributed by atoms with Crippen LogP contribution in [-0.2, 0) is 4.79 Å². The standard InChI is InChI=1S/C16H18N2O4S/c1-9(16(20)21)6-18(12-3-4-12)15(19)11-5-14(22-7-11)13-8-23-10(2)17-13/h5,7-9,12H,3-4,6H2,1-2H3,(H,20,21)/t9-/m0/s1. The lowest BCUT2D eigenvalue weighted by Crippen LogP contribution is -2.38. The van der Waals surface area contributed by atoms with Crippen LogP contribution in [0.4, 0.5) is 0 Å². The van der Waals surface area contributed by atoms with Crippen LogP contribution in [0.25, 0.3) is 11.5 Å². The molecular weight excluding hydrogens is 316 g/mol. The Morgan fingerprint density at radius 1 is 1.52 bits per heavy atom. The molecule has 2 heterocycles. The van der Waals surface area contributed by atoms with Crippen LogP contribution in [0.1, 0.15) is 35.1 Å². The third kappa shape index (κ3) is 3.44. The van der Waals surface area contributed by atoms with Crippen molar-refractivity contribution in [1.82, 2.24) is 9.88 Å². The fourth-order valence-corrected chi connectivity index (χ4v) is 2.98. The Balaban J connectivity index is 1.78. The highest BCUT2D eigenvalue weighted by Gasteiger charge is 2.35. The number of amides is 1. The van der Waals surface area contributed by atoms with E-state index in [2.05, 4.69) is 4.98 Å². The molecule has 2 aromatic heterocycles. The van der Waals surface area contributed by atoms with E-state index in [4.69, 9.17) is 9.52 Å². The van der Waals surface area contributed by atoms with Gasteiger partial charge in [-0.1, -0.05) is 6.92 Å². The summed E-state index contributed by atoms with van der Waals surface area (Å²) in [7, 11) is 0. The molecule has 0 bridgehead atoms. The number of hydrogen-bond acceptors (Lipinski definition) is 5. The molecule has 3 rings (SSSR count). The van der Waals surface area contributed by atoms with Gasteiger partial charge in [-0.15, -0.1) is 11.3 Å². The normalized spacial score (nSPS) is 15.4. The topological polar surface area (TPSA) is 83.6 Å². The number of aromatic nitrogens is 1. The predicted molar refractivity (Wildman–Crippen MR) is 85.4 cm³/mol. The molecule has 0 radical (unpaired) electrons. The van der Waals surface area contributed by atoms with Crippen LogP contribution in [0.5, 0.6) is 0 Å². The van der Waals surface area contributed by atoms with Crippen LogP contribution >= 0.6 is 11.3 Å². The number of carboxylic acid groups (broad SMARTS) is 1. The third-order valence-electron chi connectivity index (χ3n) is 3.86. The summed E-state index contributed by atoms with van der Waals surface area (Å²) < 4.78 is 5.47. The number of carbonyl (C=O) groups excluding carboxylic acids is 1. The average molecular weight is 334 g/mol. The van der Waals surface area contributed by atoms with E-state index < -0.39 is 11.9 Å². The molecular formula is C16H18N2O4S. The third-order valence-corrected chi connectivity index (χ3v) is 4.63. The Labute approximate surface area is 137 Å². The molecule has 6 nitrogen and oxygen atoms in total. The van der Waals surface area contributed by atoms with Gasteiger partial charge in [0.05, 0.1) is 16.5 Å². The Kier molecular flexibility index (Phi) is 4.21. The largest absolute Gasteiger partial charge is 0.481 e. The highest BCUT2D eigenvalue weighted by atomic mass is 32.1. The second kappa shape index (κ2) is 6.16. The van der Waals surface area contributed by atoms with Crippen LogP contribution in [0.3, 0.4) is 0 Å². The zero-order chi connectivity index (χ0) is 16.6. The second-order valence-corrected chi connectivity index (χ2v) is 6.94. The molecule has 1 aliphatic carbocycles. The fraction of sp³-hybridized carbons (Fsp3) is 0.438. The first-order valence-electron chi connectivity index (χ1n) is 7.50. The van der Waals surface area contributed by atoms with E-state index in [-0.39, 0.29) is 18.5 Å². The summed E-state index contributed by atoms with van der Waals surface area (Å²) in [6.45, 7) is 3.74. The van der Waals surface area contributed by atoms with Gasteiger partial charge in [0, 0.05) is 18.0 Å². The lowest BCUT2D eigenvalue weighted by molar-refractivity contribution is -0.141. The van der Waals surface area contributed by atoms with Gasteiger partial charge in [0.15, 0.2) is 5.76 Å². The van der Waals surface area contributed by atoms with Gasteiger partial charge in [0.2, 0.25) is 0 Å². The molecule has 0 spiro atoms. The molecule has 122 valence electrons. The quantitative estimate of drug-likeness (QED) is 0.878. The maximum atomic E-state index is 12.7. The number of rotatable bonds is 6. The number of thiazole rings is 1. The Morgan fingerprint density at radius 3 is 2.83 bits per heavy atom. The molecule has 1 fully saturated rings. The first-order valence-corrected chi connectivity index (χ1v) is 8.38. The average Bonchev–Trinajstić information content (AvgIpc) is 3.06. The summed E-state index contributed by atoms with van der Waals surface area (Å²) in [4.78, 5) is 29.7. The monoisotopic (exact) mass is 334 g/mol. The highest BCUT2D eigenvalue weighted by molar-refractivity contribution is 7.09. The van der Waals surface area contributed by atoms with Crippen LogP contribution in [-0.4, -0.2) is 39.5 Å². The van der Waals surface area contributed by atoms with E-state index in [0.29, 0.717) is 17.0 Å². The van der Waals surface area contributed by atoms with Crippen LogP contribution in [0, 0.1) is 12.8 Å². The minimum Gasteiger partial charge on any atom is -0.481 e. The van der Waals surface area contributed by atoms with Crippen molar-refractivity contribution in [3.63, 3.8) is 0 Å². The molecule has 1 amide bonds. The molecule has 23 heavy (non-hydrogen) atoms.